The summed E-state index contributed by atoms with van der Waals surface area (Å²) < 4.78 is 5.46. The second-order valence-electron chi connectivity index (χ2n) is 7.87. The number of nitrogens with zero attached hydrogens (tertiary/aromatic N) is 2. The second-order valence-corrected chi connectivity index (χ2v) is 8.84. The average molecular weight is 441 g/mol. The first kappa shape index (κ1) is 20.5. The molecule has 1 aliphatic carbocycles. The molecule has 0 amide bonds. The first-order chi connectivity index (χ1) is 15.6. The Bertz CT molecular complexity index is 1500. The Kier molecular flexibility index (Phi) is 5.28. The third kappa shape index (κ3) is 3.39. The standard InChI is InChI=1S/C26H20N2O3S/c1-2-16-18-8-5-9-22(18)28-25(21(16)13-27)32-14-23(29)20-12-19-17-7-4-3-6-15(17)10-11-24(19)31-26(20)30/h3-4,6-7,10-12H,2,5,8-9,14H2,1H3. The number of carbonyl (C=O) groups is 1. The van der Waals surface area contributed by atoms with Gasteiger partial charge in [-0.15, -0.1) is 0 Å². The molecule has 2 aromatic carbocycles. The van der Waals surface area contributed by atoms with Crippen LogP contribution in [-0.2, 0) is 19.3 Å². The smallest absolute Gasteiger partial charge is 0.347 e. The van der Waals surface area contributed by atoms with Gasteiger partial charge in [0.1, 0.15) is 22.2 Å². The maximum absolute atomic E-state index is 13.0. The Morgan fingerprint density at radius 1 is 1.19 bits per heavy atom. The van der Waals surface area contributed by atoms with E-state index in [0.717, 1.165) is 53.1 Å². The molecule has 0 N–H and O–H groups in total. The Balaban J connectivity index is 1.50. The summed E-state index contributed by atoms with van der Waals surface area (Å²) in [7, 11) is 0. The number of Topliss-reactive ketones (excluding diaryl/α,β-unsaturated/α-hetero) is 1. The lowest BCUT2D eigenvalue weighted by atomic mass is 10.0. The van der Waals surface area contributed by atoms with E-state index in [0.29, 0.717) is 16.2 Å². The lowest BCUT2D eigenvalue weighted by Crippen LogP contribution is -2.16. The molecule has 5 rings (SSSR count). The van der Waals surface area contributed by atoms with E-state index in [4.69, 9.17) is 9.40 Å². The van der Waals surface area contributed by atoms with Crippen molar-refractivity contribution < 1.29 is 9.21 Å². The molecule has 4 aromatic rings. The fourth-order valence-corrected chi connectivity index (χ4v) is 5.43. The molecule has 158 valence electrons. The molecule has 2 aromatic heterocycles. The van der Waals surface area contributed by atoms with Crippen molar-refractivity contribution >= 4 is 39.3 Å². The summed E-state index contributed by atoms with van der Waals surface area (Å²) >= 11 is 1.22. The lowest BCUT2D eigenvalue weighted by molar-refractivity contribution is 0.101. The van der Waals surface area contributed by atoms with Crippen molar-refractivity contribution in [1.29, 1.82) is 5.26 Å². The summed E-state index contributed by atoms with van der Waals surface area (Å²) in [5.74, 6) is -0.312. The monoisotopic (exact) mass is 440 g/mol. The number of hydrogen-bond donors (Lipinski definition) is 0. The molecule has 2 heterocycles. The largest absolute Gasteiger partial charge is 0.422 e. The predicted octanol–water partition coefficient (Wildman–Crippen LogP) is 5.24. The number of nitriles is 1. The third-order valence-electron chi connectivity index (χ3n) is 6.05. The van der Waals surface area contributed by atoms with Crippen LogP contribution >= 0.6 is 11.8 Å². The maximum Gasteiger partial charge on any atom is 0.347 e. The SMILES string of the molecule is CCc1c(C#N)c(SCC(=O)c2cc3c(ccc4ccccc43)oc2=O)nc2c1CCC2. The van der Waals surface area contributed by atoms with E-state index in [-0.39, 0.29) is 17.1 Å². The Labute approximate surface area is 189 Å². The van der Waals surface area contributed by atoms with Crippen molar-refractivity contribution in [2.24, 2.45) is 0 Å². The maximum atomic E-state index is 13.0. The van der Waals surface area contributed by atoms with Crippen molar-refractivity contribution in [3.63, 3.8) is 0 Å². The Morgan fingerprint density at radius 2 is 2.03 bits per heavy atom. The number of benzene rings is 2. The molecule has 0 fully saturated rings. The second kappa shape index (κ2) is 8.25. The van der Waals surface area contributed by atoms with Crippen LogP contribution < -0.4 is 5.63 Å². The molecule has 5 nitrogen and oxygen atoms in total. The first-order valence-corrected chi connectivity index (χ1v) is 11.7. The number of fused-ring (bicyclic) bond motifs is 4. The van der Waals surface area contributed by atoms with Gasteiger partial charge in [0.05, 0.1) is 11.3 Å². The molecule has 0 saturated heterocycles. The lowest BCUT2D eigenvalue weighted by Gasteiger charge is -2.12. The molecule has 0 saturated carbocycles. The van der Waals surface area contributed by atoms with Gasteiger partial charge in [-0.05, 0) is 59.7 Å². The van der Waals surface area contributed by atoms with Crippen LogP contribution in [0.1, 0.15) is 46.1 Å². The van der Waals surface area contributed by atoms with Gasteiger partial charge in [0.15, 0.2) is 5.78 Å². The van der Waals surface area contributed by atoms with Gasteiger partial charge in [-0.2, -0.15) is 5.26 Å². The molecule has 0 radical (unpaired) electrons. The molecule has 0 spiro atoms. The minimum Gasteiger partial charge on any atom is -0.422 e. The summed E-state index contributed by atoms with van der Waals surface area (Å²) in [6.45, 7) is 2.04. The zero-order valence-electron chi connectivity index (χ0n) is 17.6. The van der Waals surface area contributed by atoms with Gasteiger partial charge in [-0.1, -0.05) is 49.0 Å². The molecule has 0 atom stereocenters. The van der Waals surface area contributed by atoms with Gasteiger partial charge in [-0.3, -0.25) is 4.79 Å². The Morgan fingerprint density at radius 3 is 2.84 bits per heavy atom. The van der Waals surface area contributed by atoms with Gasteiger partial charge in [0.25, 0.3) is 0 Å². The normalized spacial score (nSPS) is 12.8. The zero-order chi connectivity index (χ0) is 22.2. The number of carbonyl (C=O) groups excluding carboxylic acids is 1. The van der Waals surface area contributed by atoms with Crippen molar-refractivity contribution in [3.05, 3.63) is 80.8 Å². The molecular weight excluding hydrogens is 420 g/mol. The highest BCUT2D eigenvalue weighted by molar-refractivity contribution is 8.00. The number of aromatic nitrogens is 1. The predicted molar refractivity (Wildman–Crippen MR) is 125 cm³/mol. The molecule has 0 aliphatic heterocycles. The van der Waals surface area contributed by atoms with Crippen LogP contribution in [0.2, 0.25) is 0 Å². The molecule has 1 aliphatic rings. The van der Waals surface area contributed by atoms with Crippen LogP contribution in [0.3, 0.4) is 0 Å². The van der Waals surface area contributed by atoms with Crippen molar-refractivity contribution in [2.75, 3.05) is 5.75 Å². The number of aryl methyl sites for hydroxylation is 1. The fourth-order valence-electron chi connectivity index (χ4n) is 4.52. The molecular formula is C26H20N2O3S. The van der Waals surface area contributed by atoms with Gasteiger partial charge < -0.3 is 4.42 Å². The van der Waals surface area contributed by atoms with Gasteiger partial charge in [-0.25, -0.2) is 9.78 Å². The molecule has 0 unspecified atom stereocenters. The summed E-state index contributed by atoms with van der Waals surface area (Å²) in [6, 6.07) is 15.3. The summed E-state index contributed by atoms with van der Waals surface area (Å²) in [4.78, 5) is 30.2. The van der Waals surface area contributed by atoms with E-state index in [1.54, 1.807) is 12.1 Å². The number of ketones is 1. The number of hydrogen-bond acceptors (Lipinski definition) is 6. The molecule has 0 bridgehead atoms. The number of thioether (sulfide) groups is 1. The van der Waals surface area contributed by atoms with Crippen molar-refractivity contribution in [3.8, 4) is 6.07 Å². The van der Waals surface area contributed by atoms with Crippen LogP contribution in [0.15, 0.2) is 56.7 Å². The topological polar surface area (TPSA) is 84.0 Å². The van der Waals surface area contributed by atoms with Crippen LogP contribution in [0.25, 0.3) is 21.7 Å². The third-order valence-corrected chi connectivity index (χ3v) is 7.03. The van der Waals surface area contributed by atoms with E-state index >= 15 is 0 Å². The highest BCUT2D eigenvalue weighted by Gasteiger charge is 2.23. The molecule has 32 heavy (non-hydrogen) atoms. The number of rotatable bonds is 5. The van der Waals surface area contributed by atoms with Gasteiger partial charge >= 0.3 is 5.63 Å². The summed E-state index contributed by atoms with van der Waals surface area (Å²) in [6.07, 6.45) is 3.66. The fraction of sp³-hybridized carbons (Fsp3) is 0.231. The van der Waals surface area contributed by atoms with Crippen LogP contribution in [-0.4, -0.2) is 16.5 Å². The average Bonchev–Trinajstić information content (AvgIpc) is 3.29. The highest BCUT2D eigenvalue weighted by Crippen LogP contribution is 2.33. The number of pyridine rings is 1. The highest BCUT2D eigenvalue weighted by atomic mass is 32.2. The van der Waals surface area contributed by atoms with Gasteiger partial charge in [0, 0.05) is 11.1 Å². The molecule has 6 heteroatoms. The van der Waals surface area contributed by atoms with E-state index in [9.17, 15) is 14.9 Å². The van der Waals surface area contributed by atoms with E-state index in [1.165, 1.54) is 17.3 Å². The zero-order valence-corrected chi connectivity index (χ0v) is 18.4. The van der Waals surface area contributed by atoms with Crippen molar-refractivity contribution in [2.45, 2.75) is 37.6 Å². The minimum atomic E-state index is -0.643. The van der Waals surface area contributed by atoms with Crippen LogP contribution in [0, 0.1) is 11.3 Å². The van der Waals surface area contributed by atoms with Crippen LogP contribution in [0.4, 0.5) is 0 Å². The minimum absolute atomic E-state index is 0.0185. The Hall–Kier alpha value is -3.43. The van der Waals surface area contributed by atoms with Crippen molar-refractivity contribution in [1.82, 2.24) is 4.98 Å². The van der Waals surface area contributed by atoms with E-state index in [2.05, 4.69) is 6.07 Å². The van der Waals surface area contributed by atoms with E-state index < -0.39 is 5.63 Å². The van der Waals surface area contributed by atoms with Gasteiger partial charge in [0.2, 0.25) is 0 Å². The van der Waals surface area contributed by atoms with Crippen LogP contribution in [0.5, 0.6) is 0 Å². The summed E-state index contributed by atoms with van der Waals surface area (Å²) in [5.41, 5.74) is 3.67. The summed E-state index contributed by atoms with van der Waals surface area (Å²) in [5, 5.41) is 13.0. The van der Waals surface area contributed by atoms with E-state index in [1.807, 2.05) is 37.3 Å². The quantitative estimate of drug-likeness (QED) is 0.183. The first-order valence-electron chi connectivity index (χ1n) is 10.7.